The van der Waals surface area contributed by atoms with Crippen LogP contribution in [0.25, 0.3) is 22.6 Å². The van der Waals surface area contributed by atoms with Gasteiger partial charge in [-0.15, -0.1) is 0 Å². The lowest BCUT2D eigenvalue weighted by Gasteiger charge is -2.23. The fraction of sp³-hybridized carbons (Fsp3) is 0.333. The normalized spacial score (nSPS) is 12.5. The van der Waals surface area contributed by atoms with Crippen molar-refractivity contribution in [3.8, 4) is 11.5 Å². The number of hydrogen-bond acceptors (Lipinski definition) is 5. The number of nitrogens with zero attached hydrogens (tertiary/aromatic N) is 3. The molecule has 0 saturated carbocycles. The van der Waals surface area contributed by atoms with Gasteiger partial charge < -0.3 is 9.30 Å². The zero-order valence-electron chi connectivity index (χ0n) is 18.3. The largest absolute Gasteiger partial charge is 0.376 e. The van der Waals surface area contributed by atoms with Crippen molar-refractivity contribution in [2.45, 2.75) is 46.3 Å². The average Bonchev–Trinajstić information content (AvgIpc) is 2.76. The standard InChI is InChI=1S/C24H25ClN4O3/c1-4-16-12-19-20(10-14(16)3)29(22-21(26-19)23(30)28-24(31)27-22)13-18(32-5-2)11-15-6-8-17(25)9-7-15/h6-10,12,18H,4-5,11,13H2,1-3H3,(H,28,30,31). The van der Waals surface area contributed by atoms with Crippen molar-refractivity contribution >= 4 is 22.6 Å². The highest BCUT2D eigenvalue weighted by atomic mass is 35.5. The molecule has 0 spiro atoms. The van der Waals surface area contributed by atoms with Gasteiger partial charge >= 0.3 is 5.69 Å². The molecule has 1 N–H and O–H groups in total. The molecule has 0 amide bonds. The summed E-state index contributed by atoms with van der Waals surface area (Å²) in [5.74, 6) is 0.260. The molecular formula is C24H25ClN4O3. The zero-order valence-corrected chi connectivity index (χ0v) is 19.1. The highest BCUT2D eigenvalue weighted by Gasteiger charge is 2.22. The van der Waals surface area contributed by atoms with E-state index in [0.717, 1.165) is 28.6 Å². The lowest BCUT2D eigenvalue weighted by atomic mass is 10.0. The van der Waals surface area contributed by atoms with Crippen LogP contribution in [0.5, 0.6) is 0 Å². The lowest BCUT2D eigenvalue weighted by molar-refractivity contribution is 0.0517. The van der Waals surface area contributed by atoms with E-state index in [4.69, 9.17) is 16.3 Å². The van der Waals surface area contributed by atoms with Crippen LogP contribution >= 0.6 is 11.6 Å². The molecule has 7 nitrogen and oxygen atoms in total. The van der Waals surface area contributed by atoms with E-state index in [1.807, 2.05) is 54.8 Å². The molecular weight excluding hydrogens is 428 g/mol. The van der Waals surface area contributed by atoms with Crippen molar-refractivity contribution in [3.05, 3.63) is 78.9 Å². The molecule has 2 aliphatic rings. The Balaban J connectivity index is 1.88. The van der Waals surface area contributed by atoms with Crippen molar-refractivity contribution in [2.24, 2.45) is 0 Å². The van der Waals surface area contributed by atoms with Crippen molar-refractivity contribution in [2.75, 3.05) is 6.61 Å². The number of aromatic amines is 1. The molecule has 1 unspecified atom stereocenters. The minimum atomic E-state index is -0.690. The third kappa shape index (κ3) is 4.45. The number of ether oxygens (including phenoxy) is 1. The maximum Gasteiger partial charge on any atom is 0.349 e. The molecule has 32 heavy (non-hydrogen) atoms. The molecule has 0 bridgehead atoms. The van der Waals surface area contributed by atoms with Crippen molar-refractivity contribution in [1.29, 1.82) is 0 Å². The van der Waals surface area contributed by atoms with Gasteiger partial charge in [-0.3, -0.25) is 9.78 Å². The van der Waals surface area contributed by atoms with Crippen molar-refractivity contribution in [3.63, 3.8) is 0 Å². The van der Waals surface area contributed by atoms with Gasteiger partial charge in [0.2, 0.25) is 0 Å². The maximum atomic E-state index is 12.5. The maximum absolute atomic E-state index is 12.5. The third-order valence-corrected chi connectivity index (χ3v) is 5.86. The molecule has 4 rings (SSSR count). The quantitative estimate of drug-likeness (QED) is 0.431. The van der Waals surface area contributed by atoms with E-state index in [9.17, 15) is 9.59 Å². The Labute approximate surface area is 190 Å². The molecule has 0 aromatic heterocycles. The number of aromatic nitrogens is 4. The molecule has 2 aliphatic heterocycles. The minimum Gasteiger partial charge on any atom is -0.376 e. The highest BCUT2D eigenvalue weighted by molar-refractivity contribution is 6.30. The Morgan fingerprint density at radius 1 is 1.12 bits per heavy atom. The van der Waals surface area contributed by atoms with Crippen LogP contribution in [0.3, 0.4) is 0 Å². The first-order valence-electron chi connectivity index (χ1n) is 10.7. The van der Waals surface area contributed by atoms with Crippen LogP contribution in [-0.2, 0) is 24.1 Å². The van der Waals surface area contributed by atoms with Crippen LogP contribution in [0.4, 0.5) is 0 Å². The van der Waals surface area contributed by atoms with E-state index >= 15 is 0 Å². The molecule has 0 aliphatic carbocycles. The first kappa shape index (κ1) is 22.2. The van der Waals surface area contributed by atoms with Gasteiger partial charge in [-0.25, -0.2) is 9.78 Å². The van der Waals surface area contributed by atoms with Gasteiger partial charge in [-0.05, 0) is 61.2 Å². The van der Waals surface area contributed by atoms with Gasteiger partial charge in [0, 0.05) is 18.1 Å². The first-order chi connectivity index (χ1) is 15.4. The van der Waals surface area contributed by atoms with E-state index in [1.54, 1.807) is 0 Å². The Kier molecular flexibility index (Phi) is 6.39. The number of benzene rings is 2. The fourth-order valence-corrected chi connectivity index (χ4v) is 4.18. The van der Waals surface area contributed by atoms with Gasteiger partial charge in [0.05, 0.1) is 23.7 Å². The number of halogens is 1. The summed E-state index contributed by atoms with van der Waals surface area (Å²) in [5, 5.41) is 0.677. The molecule has 2 aromatic carbocycles. The minimum absolute atomic E-state index is 0.143. The smallest absolute Gasteiger partial charge is 0.349 e. The van der Waals surface area contributed by atoms with E-state index in [0.29, 0.717) is 30.1 Å². The highest BCUT2D eigenvalue weighted by Crippen LogP contribution is 2.25. The number of hydrogen-bond donors (Lipinski definition) is 1. The zero-order chi connectivity index (χ0) is 22.8. The summed E-state index contributed by atoms with van der Waals surface area (Å²) in [6, 6.07) is 11.7. The second-order valence-corrected chi connectivity index (χ2v) is 8.23. The van der Waals surface area contributed by atoms with Crippen LogP contribution in [-0.4, -0.2) is 32.2 Å². The van der Waals surface area contributed by atoms with E-state index in [-0.39, 0.29) is 17.6 Å². The molecule has 1 atom stereocenters. The molecule has 0 fully saturated rings. The number of nitrogens with one attached hydrogen (secondary N) is 1. The summed E-state index contributed by atoms with van der Waals surface area (Å²) in [6.45, 7) is 7.01. The number of fused-ring (bicyclic) bond motifs is 2. The second-order valence-electron chi connectivity index (χ2n) is 7.79. The summed E-state index contributed by atoms with van der Waals surface area (Å²) in [7, 11) is 0. The SMILES string of the molecule is CCOC(Cc1ccc(Cl)cc1)Cn1c2nc(=O)[nH]c(=O)c-2nc2cc(CC)c(C)cc21. The van der Waals surface area contributed by atoms with E-state index < -0.39 is 11.2 Å². The second kappa shape index (κ2) is 9.22. The topological polar surface area (TPSA) is 89.9 Å². The van der Waals surface area contributed by atoms with Gasteiger partial charge in [0.1, 0.15) is 0 Å². The van der Waals surface area contributed by atoms with E-state index in [1.165, 1.54) is 0 Å². The van der Waals surface area contributed by atoms with Gasteiger partial charge in [-0.1, -0.05) is 30.7 Å². The Morgan fingerprint density at radius 3 is 2.56 bits per heavy atom. The molecule has 2 aromatic rings. The Bertz CT molecular complexity index is 1340. The van der Waals surface area contributed by atoms with E-state index in [2.05, 4.69) is 21.9 Å². The summed E-state index contributed by atoms with van der Waals surface area (Å²) >= 11 is 6.03. The van der Waals surface area contributed by atoms with Crippen LogP contribution in [0.1, 0.15) is 30.5 Å². The van der Waals surface area contributed by atoms with Gasteiger partial charge in [-0.2, -0.15) is 4.98 Å². The van der Waals surface area contributed by atoms with Crippen LogP contribution in [0, 0.1) is 6.92 Å². The average molecular weight is 453 g/mol. The summed E-state index contributed by atoms with van der Waals surface area (Å²) < 4.78 is 7.93. The number of rotatable bonds is 7. The third-order valence-electron chi connectivity index (χ3n) is 5.61. The molecule has 0 saturated heterocycles. The molecule has 166 valence electrons. The summed E-state index contributed by atoms with van der Waals surface area (Å²) in [6.07, 6.45) is 1.29. The predicted octanol–water partition coefficient (Wildman–Crippen LogP) is 3.76. The summed E-state index contributed by atoms with van der Waals surface area (Å²) in [5.41, 5.74) is 3.76. The molecule has 2 heterocycles. The van der Waals surface area contributed by atoms with Crippen molar-refractivity contribution in [1.82, 2.24) is 19.5 Å². The van der Waals surface area contributed by atoms with Crippen LogP contribution in [0.2, 0.25) is 5.02 Å². The van der Waals surface area contributed by atoms with Crippen molar-refractivity contribution < 1.29 is 4.74 Å². The first-order valence-corrected chi connectivity index (χ1v) is 11.1. The van der Waals surface area contributed by atoms with Gasteiger partial charge in [0.25, 0.3) is 5.56 Å². The molecule has 0 radical (unpaired) electrons. The lowest BCUT2D eigenvalue weighted by Crippen LogP contribution is -2.31. The number of H-pyrrole nitrogens is 1. The fourth-order valence-electron chi connectivity index (χ4n) is 4.05. The Morgan fingerprint density at radius 2 is 1.88 bits per heavy atom. The number of aryl methyl sites for hydroxylation is 2. The predicted molar refractivity (Wildman–Crippen MR) is 126 cm³/mol. The summed E-state index contributed by atoms with van der Waals surface area (Å²) in [4.78, 5) is 35.5. The Hall–Kier alpha value is -3.03. The molecule has 8 heteroatoms. The van der Waals surface area contributed by atoms with Crippen LogP contribution < -0.4 is 11.2 Å². The monoisotopic (exact) mass is 452 g/mol. The van der Waals surface area contributed by atoms with Gasteiger partial charge in [0.15, 0.2) is 11.5 Å². The van der Waals surface area contributed by atoms with Crippen LogP contribution in [0.15, 0.2) is 46.0 Å².